The van der Waals surface area contributed by atoms with Gasteiger partial charge in [-0.15, -0.1) is 0 Å². The molecular formula is C23H25NO2. The van der Waals surface area contributed by atoms with Gasteiger partial charge in [-0.1, -0.05) is 71.0 Å². The second kappa shape index (κ2) is 6.91. The molecule has 0 fully saturated rings. The number of rotatable bonds is 3. The maximum atomic E-state index is 12.2. The van der Waals surface area contributed by atoms with Crippen LogP contribution in [0.15, 0.2) is 59.2 Å². The maximum absolute atomic E-state index is 12.2. The van der Waals surface area contributed by atoms with Crippen molar-refractivity contribution in [3.8, 4) is 0 Å². The van der Waals surface area contributed by atoms with Gasteiger partial charge in [-0.3, -0.25) is 0 Å². The molecule has 0 radical (unpaired) electrons. The van der Waals surface area contributed by atoms with E-state index in [-0.39, 0.29) is 5.41 Å². The molecule has 3 nitrogen and oxygen atoms in total. The third-order valence-corrected chi connectivity index (χ3v) is 4.52. The normalized spacial score (nSPS) is 16.2. The van der Waals surface area contributed by atoms with Crippen molar-refractivity contribution >= 4 is 17.9 Å². The fourth-order valence-corrected chi connectivity index (χ4v) is 2.78. The Morgan fingerprint density at radius 2 is 1.58 bits per heavy atom. The van der Waals surface area contributed by atoms with Crippen molar-refractivity contribution in [3.05, 3.63) is 76.5 Å². The van der Waals surface area contributed by atoms with E-state index < -0.39 is 5.97 Å². The van der Waals surface area contributed by atoms with Crippen LogP contribution in [0.4, 0.5) is 0 Å². The molecule has 0 bridgehead atoms. The molecule has 134 valence electrons. The Labute approximate surface area is 155 Å². The number of benzene rings is 2. The number of carbonyl (C=O) groups excluding carboxylic acids is 1. The van der Waals surface area contributed by atoms with E-state index in [4.69, 9.17) is 4.74 Å². The van der Waals surface area contributed by atoms with Gasteiger partial charge >= 0.3 is 5.97 Å². The molecule has 0 saturated heterocycles. The molecule has 0 saturated carbocycles. The third kappa shape index (κ3) is 3.93. The first-order valence-electron chi connectivity index (χ1n) is 8.97. The van der Waals surface area contributed by atoms with E-state index in [9.17, 15) is 4.79 Å². The molecule has 0 amide bonds. The predicted octanol–water partition coefficient (Wildman–Crippen LogP) is 5.45. The Bertz CT molecular complexity index is 864. The zero-order valence-corrected chi connectivity index (χ0v) is 16.0. The summed E-state index contributed by atoms with van der Waals surface area (Å²) >= 11 is 0. The summed E-state index contributed by atoms with van der Waals surface area (Å²) in [6.45, 7) is 10.8. The van der Waals surface area contributed by atoms with Gasteiger partial charge < -0.3 is 4.74 Å². The van der Waals surface area contributed by atoms with E-state index in [0.29, 0.717) is 17.5 Å². The van der Waals surface area contributed by atoms with Crippen LogP contribution in [0.2, 0.25) is 0 Å². The van der Waals surface area contributed by atoms with E-state index in [1.807, 2.05) is 24.3 Å². The maximum Gasteiger partial charge on any atom is 0.363 e. The number of cyclic esters (lactones) is 1. The average molecular weight is 347 g/mol. The molecule has 0 spiro atoms. The molecule has 2 aromatic carbocycles. The van der Waals surface area contributed by atoms with Crippen LogP contribution < -0.4 is 0 Å². The zero-order valence-electron chi connectivity index (χ0n) is 16.0. The molecule has 26 heavy (non-hydrogen) atoms. The molecule has 0 aromatic heterocycles. The van der Waals surface area contributed by atoms with E-state index in [1.165, 1.54) is 11.1 Å². The summed E-state index contributed by atoms with van der Waals surface area (Å²) in [5, 5.41) is 0. The fraction of sp³-hybridized carbons (Fsp3) is 0.304. The van der Waals surface area contributed by atoms with E-state index in [0.717, 1.165) is 11.1 Å². The molecule has 1 heterocycles. The second-order valence-corrected chi connectivity index (χ2v) is 7.98. The monoisotopic (exact) mass is 347 g/mol. The van der Waals surface area contributed by atoms with Crippen molar-refractivity contribution in [1.82, 2.24) is 0 Å². The molecule has 1 aliphatic heterocycles. The lowest BCUT2D eigenvalue weighted by Crippen LogP contribution is -2.11. The van der Waals surface area contributed by atoms with Crippen LogP contribution in [0.25, 0.3) is 6.08 Å². The Morgan fingerprint density at radius 1 is 0.962 bits per heavy atom. The molecule has 3 heteroatoms. The number of carbonyl (C=O) groups is 1. The minimum absolute atomic E-state index is 0.0832. The number of ether oxygens (including phenoxy) is 1. The summed E-state index contributed by atoms with van der Waals surface area (Å²) in [5.74, 6) is 0.433. The van der Waals surface area contributed by atoms with Gasteiger partial charge in [0.25, 0.3) is 0 Å². The topological polar surface area (TPSA) is 38.7 Å². The van der Waals surface area contributed by atoms with E-state index >= 15 is 0 Å². The highest BCUT2D eigenvalue weighted by molar-refractivity contribution is 6.12. The van der Waals surface area contributed by atoms with Crippen molar-refractivity contribution < 1.29 is 9.53 Å². The van der Waals surface area contributed by atoms with E-state index in [2.05, 4.69) is 63.9 Å². The number of aliphatic imine (C=N–C) groups is 1. The second-order valence-electron chi connectivity index (χ2n) is 7.98. The first-order valence-corrected chi connectivity index (χ1v) is 8.97. The highest BCUT2D eigenvalue weighted by atomic mass is 16.6. The van der Waals surface area contributed by atoms with Crippen LogP contribution in [0.5, 0.6) is 0 Å². The first-order chi connectivity index (χ1) is 12.2. The summed E-state index contributed by atoms with van der Waals surface area (Å²) in [7, 11) is 0. The SMILES string of the molecule is CC(C)c1ccc(/C=C2/N=C(c3ccc(C(C)(C)C)cc3)OC2=O)cc1. The largest absolute Gasteiger partial charge is 0.402 e. The van der Waals surface area contributed by atoms with Crippen LogP contribution in [-0.2, 0) is 14.9 Å². The Kier molecular flexibility index (Phi) is 4.82. The lowest BCUT2D eigenvalue weighted by molar-refractivity contribution is -0.129. The van der Waals surface area contributed by atoms with Gasteiger partial charge in [0.05, 0.1) is 0 Å². The van der Waals surface area contributed by atoms with Gasteiger partial charge in [-0.05, 0) is 46.2 Å². The number of hydrogen-bond acceptors (Lipinski definition) is 3. The summed E-state index contributed by atoms with van der Waals surface area (Å²) < 4.78 is 5.36. The minimum Gasteiger partial charge on any atom is -0.402 e. The fourth-order valence-electron chi connectivity index (χ4n) is 2.78. The van der Waals surface area contributed by atoms with E-state index in [1.54, 1.807) is 6.08 Å². The van der Waals surface area contributed by atoms with Crippen LogP contribution in [0.3, 0.4) is 0 Å². The van der Waals surface area contributed by atoms with Gasteiger partial charge in [0.1, 0.15) is 0 Å². The summed E-state index contributed by atoms with van der Waals surface area (Å²) in [5.41, 5.74) is 4.66. The summed E-state index contributed by atoms with van der Waals surface area (Å²) in [4.78, 5) is 16.5. The van der Waals surface area contributed by atoms with Crippen molar-refractivity contribution in [2.24, 2.45) is 4.99 Å². The first kappa shape index (κ1) is 18.1. The number of nitrogens with zero attached hydrogens (tertiary/aromatic N) is 1. The molecule has 0 atom stereocenters. The summed E-state index contributed by atoms with van der Waals surface area (Å²) in [6, 6.07) is 16.2. The minimum atomic E-state index is -0.409. The molecule has 1 aliphatic rings. The zero-order chi connectivity index (χ0) is 18.9. The predicted molar refractivity (Wildman–Crippen MR) is 106 cm³/mol. The lowest BCUT2D eigenvalue weighted by atomic mass is 9.87. The quantitative estimate of drug-likeness (QED) is 0.547. The van der Waals surface area contributed by atoms with Crippen molar-refractivity contribution in [1.29, 1.82) is 0 Å². The summed E-state index contributed by atoms with van der Waals surface area (Å²) in [6.07, 6.45) is 1.77. The van der Waals surface area contributed by atoms with Gasteiger partial charge in [-0.2, -0.15) is 0 Å². The molecular weight excluding hydrogens is 322 g/mol. The van der Waals surface area contributed by atoms with Crippen LogP contribution in [0.1, 0.15) is 62.8 Å². The Hall–Kier alpha value is -2.68. The van der Waals surface area contributed by atoms with Gasteiger partial charge in [0.15, 0.2) is 5.70 Å². The molecule has 3 rings (SSSR count). The Morgan fingerprint density at radius 3 is 2.12 bits per heavy atom. The van der Waals surface area contributed by atoms with Crippen LogP contribution in [-0.4, -0.2) is 11.9 Å². The smallest absolute Gasteiger partial charge is 0.363 e. The van der Waals surface area contributed by atoms with Gasteiger partial charge in [-0.25, -0.2) is 9.79 Å². The highest BCUT2D eigenvalue weighted by Gasteiger charge is 2.24. The molecule has 2 aromatic rings. The van der Waals surface area contributed by atoms with Crippen molar-refractivity contribution in [2.75, 3.05) is 0 Å². The van der Waals surface area contributed by atoms with Crippen molar-refractivity contribution in [3.63, 3.8) is 0 Å². The average Bonchev–Trinajstić information content (AvgIpc) is 2.95. The Balaban J connectivity index is 1.84. The van der Waals surface area contributed by atoms with Crippen molar-refractivity contribution in [2.45, 2.75) is 46.0 Å². The highest BCUT2D eigenvalue weighted by Crippen LogP contribution is 2.24. The molecule has 0 N–H and O–H groups in total. The number of hydrogen-bond donors (Lipinski definition) is 0. The van der Waals surface area contributed by atoms with Gasteiger partial charge in [0.2, 0.25) is 5.90 Å². The lowest BCUT2D eigenvalue weighted by Gasteiger charge is -2.18. The standard InChI is InChI=1S/C23H25NO2/c1-15(2)17-8-6-16(7-9-17)14-20-22(25)26-21(24-20)18-10-12-19(13-11-18)23(3,4)5/h6-15H,1-5H3/b20-14+. The van der Waals surface area contributed by atoms with Gasteiger partial charge in [0, 0.05) is 5.56 Å². The third-order valence-electron chi connectivity index (χ3n) is 4.52. The van der Waals surface area contributed by atoms with Crippen LogP contribution in [0, 0.1) is 0 Å². The number of esters is 1. The molecule has 0 unspecified atom stereocenters. The van der Waals surface area contributed by atoms with Crippen LogP contribution >= 0.6 is 0 Å². The molecule has 0 aliphatic carbocycles.